The molecule has 4 aromatic carbocycles. The van der Waals surface area contributed by atoms with Gasteiger partial charge in [0.1, 0.15) is 0 Å². The van der Waals surface area contributed by atoms with E-state index in [-0.39, 0.29) is 5.75 Å². The van der Waals surface area contributed by atoms with Gasteiger partial charge < -0.3 is 0 Å². The summed E-state index contributed by atoms with van der Waals surface area (Å²) in [6, 6.07) is 37.4. The van der Waals surface area contributed by atoms with Crippen LogP contribution in [0.25, 0.3) is 17.2 Å². The Kier molecular flexibility index (Phi) is 8.49. The second-order valence-electron chi connectivity index (χ2n) is 8.61. The van der Waals surface area contributed by atoms with Crippen LogP contribution in [0.3, 0.4) is 0 Å². The summed E-state index contributed by atoms with van der Waals surface area (Å²) in [4.78, 5) is 12.3. The number of carbonyl (C=O) groups excluding carboxylic acids is 1. The van der Waals surface area contributed by atoms with Gasteiger partial charge in [-0.2, -0.15) is 0 Å². The number of sulfonamides is 1. The van der Waals surface area contributed by atoms with E-state index < -0.39 is 15.9 Å². The molecule has 1 N–H and O–H groups in total. The van der Waals surface area contributed by atoms with Crippen molar-refractivity contribution in [2.75, 3.05) is 0 Å². The average Bonchev–Trinajstić information content (AvgIpc) is 2.92. The van der Waals surface area contributed by atoms with Crippen LogP contribution in [0, 0.1) is 0 Å². The van der Waals surface area contributed by atoms with Crippen LogP contribution < -0.4 is 4.72 Å². The molecule has 0 radical (unpaired) electrons. The van der Waals surface area contributed by atoms with Crippen molar-refractivity contribution in [1.82, 2.24) is 4.72 Å². The number of hydrogen-bond donors (Lipinski definition) is 1. The first kappa shape index (κ1) is 25.9. The molecule has 0 saturated carbocycles. The number of rotatable bonds is 9. The molecule has 1 amide bonds. The van der Waals surface area contributed by atoms with Gasteiger partial charge in [0.05, 0.1) is 5.75 Å². The molecule has 0 heterocycles. The lowest BCUT2D eigenvalue weighted by Gasteiger charge is -2.16. The van der Waals surface area contributed by atoms with Crippen LogP contribution >= 0.6 is 0 Å². The Morgan fingerprint density at radius 3 is 1.78 bits per heavy atom. The fraction of sp³-hybridized carbons (Fsp3) is 0.0938. The van der Waals surface area contributed by atoms with E-state index in [1.807, 2.05) is 66.7 Å². The lowest BCUT2D eigenvalue weighted by molar-refractivity contribution is -0.114. The molecule has 4 nitrogen and oxygen atoms in total. The highest BCUT2D eigenvalue weighted by Crippen LogP contribution is 2.34. The monoisotopic (exact) mass is 507 g/mol. The minimum absolute atomic E-state index is 0.252. The summed E-state index contributed by atoms with van der Waals surface area (Å²) in [5.74, 6) is -0.931. The summed E-state index contributed by atoms with van der Waals surface area (Å²) in [7, 11) is -3.78. The Bertz CT molecular complexity index is 1490. The van der Waals surface area contributed by atoms with Gasteiger partial charge in [-0.15, -0.1) is 0 Å². The summed E-state index contributed by atoms with van der Waals surface area (Å²) in [5, 5.41) is 0. The number of allylic oxidation sites excluding steroid dienone is 1. The third-order valence-electron chi connectivity index (χ3n) is 5.92. The van der Waals surface area contributed by atoms with E-state index in [0.717, 1.165) is 28.7 Å². The first-order chi connectivity index (χ1) is 17.9. The van der Waals surface area contributed by atoms with Gasteiger partial charge in [0, 0.05) is 6.08 Å². The van der Waals surface area contributed by atoms with Gasteiger partial charge in [-0.25, -0.2) is 13.1 Å². The number of amides is 1. The van der Waals surface area contributed by atoms with Crippen LogP contribution in [0.5, 0.6) is 0 Å². The van der Waals surface area contributed by atoms with Crippen molar-refractivity contribution < 1.29 is 13.2 Å². The number of carbonyl (C=O) groups is 1. The van der Waals surface area contributed by atoms with Crippen LogP contribution in [0.15, 0.2) is 121 Å². The Labute approximate surface area is 219 Å². The van der Waals surface area contributed by atoms with Gasteiger partial charge in [-0.3, -0.25) is 4.79 Å². The highest BCUT2D eigenvalue weighted by atomic mass is 32.2. The lowest BCUT2D eigenvalue weighted by Crippen LogP contribution is -2.30. The second-order valence-corrected chi connectivity index (χ2v) is 10.3. The molecule has 5 heteroatoms. The normalized spacial score (nSPS) is 12.2. The number of benzene rings is 4. The molecule has 0 aromatic heterocycles. The summed E-state index contributed by atoms with van der Waals surface area (Å²) >= 11 is 0. The predicted octanol–water partition coefficient (Wildman–Crippen LogP) is 6.72. The maximum atomic E-state index is 12.3. The minimum atomic E-state index is -3.78. The van der Waals surface area contributed by atoms with Crippen molar-refractivity contribution in [3.05, 3.63) is 149 Å². The number of nitrogens with one attached hydrogen (secondary N) is 1. The van der Waals surface area contributed by atoms with Crippen LogP contribution in [0.1, 0.15) is 41.2 Å². The third kappa shape index (κ3) is 7.15. The predicted molar refractivity (Wildman–Crippen MR) is 152 cm³/mol. The zero-order valence-electron chi connectivity index (χ0n) is 20.7. The van der Waals surface area contributed by atoms with E-state index in [1.165, 1.54) is 17.2 Å². The maximum absolute atomic E-state index is 12.3. The van der Waals surface area contributed by atoms with Gasteiger partial charge in [0.25, 0.3) is 5.91 Å². The van der Waals surface area contributed by atoms with Gasteiger partial charge >= 0.3 is 0 Å². The first-order valence-corrected chi connectivity index (χ1v) is 13.8. The fourth-order valence-corrected chi connectivity index (χ4v) is 5.31. The van der Waals surface area contributed by atoms with E-state index in [2.05, 4.69) is 35.9 Å². The van der Waals surface area contributed by atoms with Crippen LogP contribution in [-0.2, 0) is 20.6 Å². The second kappa shape index (κ2) is 12.2. The fourth-order valence-electron chi connectivity index (χ4n) is 4.23. The van der Waals surface area contributed by atoms with Crippen molar-refractivity contribution in [3.63, 3.8) is 0 Å². The molecular weight excluding hydrogens is 478 g/mol. The molecule has 4 rings (SSSR count). The van der Waals surface area contributed by atoms with E-state index in [1.54, 1.807) is 30.3 Å². The molecule has 186 valence electrons. The molecule has 0 fully saturated rings. The molecule has 0 bridgehead atoms. The van der Waals surface area contributed by atoms with E-state index in [4.69, 9.17) is 0 Å². The molecule has 37 heavy (non-hydrogen) atoms. The highest BCUT2D eigenvalue weighted by Gasteiger charge is 2.14. The van der Waals surface area contributed by atoms with Crippen molar-refractivity contribution in [1.29, 1.82) is 0 Å². The van der Waals surface area contributed by atoms with Gasteiger partial charge in [0.15, 0.2) is 0 Å². The largest absolute Gasteiger partial charge is 0.269 e. The standard InChI is InChI=1S/C32H29NO3S/c1-2-30(27-14-8-4-9-15-27)32(28-16-10-5-11-17-28)29-21-18-25(19-22-29)20-23-31(34)33-37(35,36)24-26-12-6-3-7-13-26/h3-23H,2,24H2,1H3,(H,33,34)/b23-20+,32-30-. The molecule has 0 spiro atoms. The van der Waals surface area contributed by atoms with Crippen molar-refractivity contribution in [2.24, 2.45) is 0 Å². The zero-order chi connectivity index (χ0) is 26.1. The zero-order valence-corrected chi connectivity index (χ0v) is 21.5. The maximum Gasteiger partial charge on any atom is 0.257 e. The summed E-state index contributed by atoms with van der Waals surface area (Å²) < 4.78 is 26.7. The lowest BCUT2D eigenvalue weighted by atomic mass is 9.88. The Hall–Kier alpha value is -4.22. The van der Waals surface area contributed by atoms with Gasteiger partial charge in [-0.1, -0.05) is 122 Å². The van der Waals surface area contributed by atoms with Crippen molar-refractivity contribution >= 4 is 33.2 Å². The molecule has 0 aliphatic carbocycles. The Morgan fingerprint density at radius 2 is 1.22 bits per heavy atom. The average molecular weight is 508 g/mol. The molecule has 0 unspecified atom stereocenters. The summed E-state index contributed by atoms with van der Waals surface area (Å²) in [5.41, 5.74) is 7.21. The summed E-state index contributed by atoms with van der Waals surface area (Å²) in [6.07, 6.45) is 3.72. The van der Waals surface area contributed by atoms with E-state index in [0.29, 0.717) is 5.56 Å². The topological polar surface area (TPSA) is 63.2 Å². The number of hydrogen-bond acceptors (Lipinski definition) is 3. The van der Waals surface area contributed by atoms with Crippen molar-refractivity contribution in [3.8, 4) is 0 Å². The molecule has 0 saturated heterocycles. The first-order valence-electron chi connectivity index (χ1n) is 12.2. The molecule has 0 aliphatic rings. The molecule has 4 aromatic rings. The van der Waals surface area contributed by atoms with Gasteiger partial charge in [-0.05, 0) is 51.5 Å². The van der Waals surface area contributed by atoms with E-state index in [9.17, 15) is 13.2 Å². The SMILES string of the molecule is CC/C(=C(\c1ccccc1)c1ccc(/C=C/C(=O)NS(=O)(=O)Cc2ccccc2)cc1)c1ccccc1. The quantitative estimate of drug-likeness (QED) is 0.202. The molecular formula is C32H29NO3S. The Morgan fingerprint density at radius 1 is 0.703 bits per heavy atom. The van der Waals surface area contributed by atoms with Crippen LogP contribution in [-0.4, -0.2) is 14.3 Å². The smallest absolute Gasteiger partial charge is 0.257 e. The third-order valence-corrected chi connectivity index (χ3v) is 7.15. The molecule has 0 atom stereocenters. The molecule has 0 aliphatic heterocycles. The highest BCUT2D eigenvalue weighted by molar-refractivity contribution is 7.89. The minimum Gasteiger partial charge on any atom is -0.269 e. The van der Waals surface area contributed by atoms with Crippen LogP contribution in [0.4, 0.5) is 0 Å². The van der Waals surface area contributed by atoms with E-state index >= 15 is 0 Å². The summed E-state index contributed by atoms with van der Waals surface area (Å²) in [6.45, 7) is 2.16. The van der Waals surface area contributed by atoms with Crippen LogP contribution in [0.2, 0.25) is 0 Å². The Balaban J connectivity index is 1.55. The van der Waals surface area contributed by atoms with Gasteiger partial charge in [0.2, 0.25) is 10.0 Å². The van der Waals surface area contributed by atoms with Crippen molar-refractivity contribution in [2.45, 2.75) is 19.1 Å².